The van der Waals surface area contributed by atoms with Crippen LogP contribution in [0, 0.1) is 34.3 Å². The molecule has 0 aromatic heterocycles. The number of allylic oxidation sites excluding steroid dienone is 1. The molecule has 0 aliphatic rings. The summed E-state index contributed by atoms with van der Waals surface area (Å²) in [5.74, 6) is -1.18. The van der Waals surface area contributed by atoms with Gasteiger partial charge in [0, 0.05) is 11.6 Å². The zero-order chi connectivity index (χ0) is 16.8. The first-order valence-electron chi connectivity index (χ1n) is 6.41. The molecule has 0 amide bonds. The van der Waals surface area contributed by atoms with Crippen molar-refractivity contribution in [2.24, 2.45) is 0 Å². The Labute approximate surface area is 131 Å². The average Bonchev–Trinajstić information content (AvgIpc) is 2.56. The Kier molecular flexibility index (Phi) is 4.91. The first kappa shape index (κ1) is 16.0. The normalized spacial score (nSPS) is 9.43. The highest BCUT2D eigenvalue weighted by molar-refractivity contribution is 5.70. The predicted octanol–water partition coefficient (Wildman–Crippen LogP) is 4.16. The van der Waals surface area contributed by atoms with Crippen LogP contribution in [0.15, 0.2) is 48.0 Å². The minimum Gasteiger partial charge on any atom is -0.494 e. The van der Waals surface area contributed by atoms with Gasteiger partial charge < -0.3 is 9.47 Å². The minimum atomic E-state index is -0.817. The summed E-state index contributed by atoms with van der Waals surface area (Å²) in [6, 6.07) is 12.6. The molecule has 0 fully saturated rings. The molecule has 2 aromatic carbocycles. The van der Waals surface area contributed by atoms with E-state index < -0.39 is 11.6 Å². The number of halogens is 2. The summed E-state index contributed by atoms with van der Waals surface area (Å²) >= 11 is 0. The van der Waals surface area contributed by atoms with Crippen molar-refractivity contribution in [1.82, 2.24) is 0 Å². The number of nitrogens with zero attached hydrogens (tertiary/aromatic N) is 2. The van der Waals surface area contributed by atoms with Crippen molar-refractivity contribution in [2.45, 2.75) is 0 Å². The third kappa shape index (κ3) is 3.63. The van der Waals surface area contributed by atoms with E-state index >= 15 is 0 Å². The fraction of sp³-hybridized carbons (Fsp3) is 0.0588. The third-order valence-electron chi connectivity index (χ3n) is 2.89. The Morgan fingerprint density at radius 1 is 1.00 bits per heavy atom. The molecule has 23 heavy (non-hydrogen) atoms. The lowest BCUT2D eigenvalue weighted by Crippen LogP contribution is -1.93. The number of benzene rings is 2. The molecule has 2 aromatic rings. The zero-order valence-corrected chi connectivity index (χ0v) is 12.0. The van der Waals surface area contributed by atoms with Crippen molar-refractivity contribution >= 4 is 5.76 Å². The minimum absolute atomic E-state index is 0.114. The van der Waals surface area contributed by atoms with E-state index in [1.54, 1.807) is 24.3 Å². The lowest BCUT2D eigenvalue weighted by molar-refractivity contribution is 0.368. The third-order valence-corrected chi connectivity index (χ3v) is 2.89. The van der Waals surface area contributed by atoms with E-state index in [-0.39, 0.29) is 17.1 Å². The summed E-state index contributed by atoms with van der Waals surface area (Å²) in [4.78, 5) is 0. The quantitative estimate of drug-likeness (QED) is 0.628. The smallest absolute Gasteiger partial charge is 0.172 e. The average molecular weight is 312 g/mol. The Morgan fingerprint density at radius 3 is 2.17 bits per heavy atom. The predicted molar refractivity (Wildman–Crippen MR) is 78.0 cm³/mol. The molecule has 0 saturated carbocycles. The molecule has 0 aliphatic carbocycles. The van der Waals surface area contributed by atoms with E-state index in [1.165, 1.54) is 25.3 Å². The topological polar surface area (TPSA) is 66.0 Å². The number of hydrogen-bond donors (Lipinski definition) is 0. The van der Waals surface area contributed by atoms with Crippen LogP contribution in [0.3, 0.4) is 0 Å². The Hall–Kier alpha value is -3.38. The van der Waals surface area contributed by atoms with Crippen LogP contribution in [0.1, 0.15) is 5.56 Å². The molecule has 4 nitrogen and oxygen atoms in total. The van der Waals surface area contributed by atoms with Crippen LogP contribution in [0.2, 0.25) is 0 Å². The maximum atomic E-state index is 13.5. The lowest BCUT2D eigenvalue weighted by Gasteiger charge is -2.09. The summed E-state index contributed by atoms with van der Waals surface area (Å²) in [5, 5.41) is 17.8. The number of hydrogen-bond acceptors (Lipinski definition) is 4. The van der Waals surface area contributed by atoms with Crippen LogP contribution in [0.25, 0.3) is 5.76 Å². The van der Waals surface area contributed by atoms with Gasteiger partial charge in [-0.3, -0.25) is 0 Å². The molecule has 0 saturated heterocycles. The Balaban J connectivity index is 2.28. The first-order valence-corrected chi connectivity index (χ1v) is 6.41. The van der Waals surface area contributed by atoms with Crippen molar-refractivity contribution in [1.29, 1.82) is 10.5 Å². The number of methoxy groups -OCH3 is 1. The van der Waals surface area contributed by atoms with Crippen molar-refractivity contribution in [3.8, 4) is 23.6 Å². The van der Waals surface area contributed by atoms with Gasteiger partial charge in [-0.25, -0.2) is 8.78 Å². The largest absolute Gasteiger partial charge is 0.494 e. The molecule has 0 radical (unpaired) electrons. The molecule has 114 valence electrons. The van der Waals surface area contributed by atoms with Crippen LogP contribution >= 0.6 is 0 Å². The van der Waals surface area contributed by atoms with E-state index in [1.807, 2.05) is 0 Å². The first-order chi connectivity index (χ1) is 11.1. The number of nitriles is 2. The molecule has 0 atom stereocenters. The van der Waals surface area contributed by atoms with Crippen LogP contribution in [0.5, 0.6) is 11.5 Å². The number of ether oxygens (including phenoxy) is 2. The Bertz CT molecular complexity index is 815. The van der Waals surface area contributed by atoms with Gasteiger partial charge in [-0.05, 0) is 36.4 Å². The van der Waals surface area contributed by atoms with Gasteiger partial charge in [0.25, 0.3) is 0 Å². The molecule has 0 bridgehead atoms. The number of rotatable bonds is 4. The van der Waals surface area contributed by atoms with E-state index in [4.69, 9.17) is 20.0 Å². The van der Waals surface area contributed by atoms with Gasteiger partial charge in [0.1, 0.15) is 23.7 Å². The SMILES string of the molecule is COC(=C(C#N)C#N)c1ccc(Oc2ccc(F)cc2F)cc1. The van der Waals surface area contributed by atoms with Gasteiger partial charge in [0.2, 0.25) is 0 Å². The van der Waals surface area contributed by atoms with E-state index in [2.05, 4.69) is 0 Å². The van der Waals surface area contributed by atoms with Gasteiger partial charge in [-0.1, -0.05) is 0 Å². The van der Waals surface area contributed by atoms with Crippen LogP contribution in [-0.4, -0.2) is 7.11 Å². The molecule has 0 aliphatic heterocycles. The fourth-order valence-electron chi connectivity index (χ4n) is 1.85. The van der Waals surface area contributed by atoms with Crippen LogP contribution in [-0.2, 0) is 4.74 Å². The lowest BCUT2D eigenvalue weighted by atomic mass is 10.1. The van der Waals surface area contributed by atoms with Gasteiger partial charge in [-0.2, -0.15) is 10.5 Å². The second kappa shape index (κ2) is 7.06. The molecule has 2 rings (SSSR count). The monoisotopic (exact) mass is 312 g/mol. The molecule has 0 N–H and O–H groups in total. The summed E-state index contributed by atoms with van der Waals surface area (Å²) in [6.45, 7) is 0. The summed E-state index contributed by atoms with van der Waals surface area (Å²) in [6.07, 6.45) is 0. The molecular weight excluding hydrogens is 302 g/mol. The molecular formula is C17H10F2N2O2. The molecule has 0 heterocycles. The molecule has 0 spiro atoms. The van der Waals surface area contributed by atoms with E-state index in [0.717, 1.165) is 12.1 Å². The fourth-order valence-corrected chi connectivity index (χ4v) is 1.85. The highest BCUT2D eigenvalue weighted by Gasteiger charge is 2.11. The van der Waals surface area contributed by atoms with Crippen LogP contribution < -0.4 is 4.74 Å². The standard InChI is InChI=1S/C17H10F2N2O2/c1-22-17(12(9-20)10-21)11-2-5-14(6-3-11)23-16-7-4-13(18)8-15(16)19/h2-8H,1H3. The summed E-state index contributed by atoms with van der Waals surface area (Å²) < 4.78 is 36.8. The van der Waals surface area contributed by atoms with Crippen molar-refractivity contribution < 1.29 is 18.3 Å². The maximum Gasteiger partial charge on any atom is 0.172 e. The van der Waals surface area contributed by atoms with Gasteiger partial charge in [0.15, 0.2) is 22.9 Å². The zero-order valence-electron chi connectivity index (χ0n) is 12.0. The van der Waals surface area contributed by atoms with E-state index in [0.29, 0.717) is 11.3 Å². The highest BCUT2D eigenvalue weighted by atomic mass is 19.1. The van der Waals surface area contributed by atoms with Crippen LogP contribution in [0.4, 0.5) is 8.78 Å². The molecule has 0 unspecified atom stereocenters. The molecule has 6 heteroatoms. The second-order valence-corrected chi connectivity index (χ2v) is 4.33. The highest BCUT2D eigenvalue weighted by Crippen LogP contribution is 2.27. The van der Waals surface area contributed by atoms with Gasteiger partial charge in [-0.15, -0.1) is 0 Å². The maximum absolute atomic E-state index is 13.5. The summed E-state index contributed by atoms with van der Waals surface area (Å²) in [5.41, 5.74) is 0.336. The van der Waals surface area contributed by atoms with Crippen molar-refractivity contribution in [2.75, 3.05) is 7.11 Å². The van der Waals surface area contributed by atoms with Gasteiger partial charge >= 0.3 is 0 Å². The summed E-state index contributed by atoms with van der Waals surface area (Å²) in [7, 11) is 1.35. The van der Waals surface area contributed by atoms with Gasteiger partial charge in [0.05, 0.1) is 7.11 Å². The second-order valence-electron chi connectivity index (χ2n) is 4.33. The Morgan fingerprint density at radius 2 is 1.65 bits per heavy atom. The van der Waals surface area contributed by atoms with Crippen molar-refractivity contribution in [3.05, 3.63) is 65.2 Å². The van der Waals surface area contributed by atoms with E-state index in [9.17, 15) is 8.78 Å². The van der Waals surface area contributed by atoms with Crippen molar-refractivity contribution in [3.63, 3.8) is 0 Å².